The van der Waals surface area contributed by atoms with E-state index in [1.807, 2.05) is 12.2 Å². The lowest BCUT2D eigenvalue weighted by atomic mass is 9.83. The standard InChI is InChI=1S/C23H40O4/c1-4-13-19(15-10-8-6-5-7-9-14-18(2)3)27-23(26)21-17-12-11-16-20(21)22(24)25/h11-12,18-21H,4-10,13-17H2,1-3H3,(H,24,25). The van der Waals surface area contributed by atoms with Gasteiger partial charge in [0.25, 0.3) is 0 Å². The van der Waals surface area contributed by atoms with E-state index in [0.29, 0.717) is 12.8 Å². The van der Waals surface area contributed by atoms with Crippen molar-refractivity contribution >= 4 is 11.9 Å². The predicted molar refractivity (Wildman–Crippen MR) is 110 cm³/mol. The Kier molecular flexibility index (Phi) is 12.1. The monoisotopic (exact) mass is 380 g/mol. The average Bonchev–Trinajstić information content (AvgIpc) is 2.63. The van der Waals surface area contributed by atoms with Gasteiger partial charge >= 0.3 is 11.9 Å². The molecule has 0 amide bonds. The molecule has 1 rings (SSSR count). The van der Waals surface area contributed by atoms with Crippen molar-refractivity contribution in [3.05, 3.63) is 12.2 Å². The first-order valence-electron chi connectivity index (χ1n) is 11.0. The maximum Gasteiger partial charge on any atom is 0.310 e. The zero-order valence-electron chi connectivity index (χ0n) is 17.6. The second-order valence-corrected chi connectivity index (χ2v) is 8.43. The van der Waals surface area contributed by atoms with Crippen LogP contribution in [0.25, 0.3) is 0 Å². The third-order valence-corrected chi connectivity index (χ3v) is 5.50. The van der Waals surface area contributed by atoms with Crippen LogP contribution < -0.4 is 0 Å². The summed E-state index contributed by atoms with van der Waals surface area (Å²) < 4.78 is 5.75. The Morgan fingerprint density at radius 2 is 1.48 bits per heavy atom. The number of aliphatic carboxylic acids is 1. The molecular formula is C23H40O4. The molecule has 0 aromatic rings. The van der Waals surface area contributed by atoms with E-state index < -0.39 is 17.8 Å². The molecule has 0 radical (unpaired) electrons. The minimum absolute atomic E-state index is 0.0659. The van der Waals surface area contributed by atoms with Crippen molar-refractivity contribution in [1.29, 1.82) is 0 Å². The number of carboxylic acids is 1. The fourth-order valence-electron chi connectivity index (χ4n) is 3.82. The van der Waals surface area contributed by atoms with Crippen LogP contribution in [0.15, 0.2) is 12.2 Å². The van der Waals surface area contributed by atoms with E-state index in [1.165, 1.54) is 38.5 Å². The zero-order valence-corrected chi connectivity index (χ0v) is 17.6. The average molecular weight is 381 g/mol. The molecule has 0 saturated heterocycles. The van der Waals surface area contributed by atoms with Gasteiger partial charge in [-0.1, -0.05) is 77.9 Å². The van der Waals surface area contributed by atoms with Crippen LogP contribution in [0.3, 0.4) is 0 Å². The molecule has 3 atom stereocenters. The number of carbonyl (C=O) groups is 2. The molecule has 4 nitrogen and oxygen atoms in total. The summed E-state index contributed by atoms with van der Waals surface area (Å²) in [5.74, 6) is -1.59. The second-order valence-electron chi connectivity index (χ2n) is 8.43. The van der Waals surface area contributed by atoms with Crippen LogP contribution in [0.5, 0.6) is 0 Å². The number of carboxylic acid groups (broad SMARTS) is 1. The summed E-state index contributed by atoms with van der Waals surface area (Å²) in [7, 11) is 0. The molecule has 0 heterocycles. The van der Waals surface area contributed by atoms with Crippen molar-refractivity contribution in [2.24, 2.45) is 17.8 Å². The lowest BCUT2D eigenvalue weighted by Gasteiger charge is -2.26. The minimum Gasteiger partial charge on any atom is -0.481 e. The molecule has 0 aromatic carbocycles. The molecule has 3 unspecified atom stereocenters. The van der Waals surface area contributed by atoms with Crippen molar-refractivity contribution in [2.45, 2.75) is 104 Å². The van der Waals surface area contributed by atoms with Crippen molar-refractivity contribution in [2.75, 3.05) is 0 Å². The molecule has 0 fully saturated rings. The summed E-state index contributed by atoms with van der Waals surface area (Å²) in [6.07, 6.45) is 16.1. The molecule has 1 aliphatic rings. The Morgan fingerprint density at radius 3 is 2.04 bits per heavy atom. The third kappa shape index (κ3) is 9.97. The lowest BCUT2D eigenvalue weighted by Crippen LogP contribution is -2.34. The Balaban J connectivity index is 2.31. The van der Waals surface area contributed by atoms with E-state index in [0.717, 1.165) is 31.6 Å². The molecule has 1 aliphatic carbocycles. The van der Waals surface area contributed by atoms with Crippen molar-refractivity contribution < 1.29 is 19.4 Å². The van der Waals surface area contributed by atoms with Crippen molar-refractivity contribution in [3.63, 3.8) is 0 Å². The highest BCUT2D eigenvalue weighted by atomic mass is 16.5. The maximum absolute atomic E-state index is 12.5. The van der Waals surface area contributed by atoms with Crippen LogP contribution in [0.4, 0.5) is 0 Å². The molecule has 0 bridgehead atoms. The van der Waals surface area contributed by atoms with E-state index in [2.05, 4.69) is 20.8 Å². The smallest absolute Gasteiger partial charge is 0.310 e. The fraction of sp³-hybridized carbons (Fsp3) is 0.826. The van der Waals surface area contributed by atoms with Crippen molar-refractivity contribution in [3.8, 4) is 0 Å². The SMILES string of the molecule is CCCC(CCCCCCCCC(C)C)OC(=O)C1CC=CCC1C(=O)O. The van der Waals surface area contributed by atoms with Crippen LogP contribution in [-0.4, -0.2) is 23.1 Å². The van der Waals surface area contributed by atoms with Crippen molar-refractivity contribution in [1.82, 2.24) is 0 Å². The van der Waals surface area contributed by atoms with Crippen LogP contribution >= 0.6 is 0 Å². The number of hydrogen-bond acceptors (Lipinski definition) is 3. The summed E-state index contributed by atoms with van der Waals surface area (Å²) in [6.45, 7) is 6.65. The number of rotatable bonds is 14. The summed E-state index contributed by atoms with van der Waals surface area (Å²) in [6, 6.07) is 0. The van der Waals surface area contributed by atoms with Gasteiger partial charge in [0.1, 0.15) is 6.10 Å². The number of hydrogen-bond donors (Lipinski definition) is 1. The number of allylic oxidation sites excluding steroid dienone is 2. The van der Waals surface area contributed by atoms with Crippen LogP contribution in [0.1, 0.15) is 97.8 Å². The first-order valence-corrected chi connectivity index (χ1v) is 11.0. The molecule has 156 valence electrons. The van der Waals surface area contributed by atoms with E-state index in [-0.39, 0.29) is 12.1 Å². The van der Waals surface area contributed by atoms with Crippen LogP contribution in [-0.2, 0) is 14.3 Å². The maximum atomic E-state index is 12.5. The highest BCUT2D eigenvalue weighted by molar-refractivity contribution is 5.81. The summed E-state index contributed by atoms with van der Waals surface area (Å²) in [4.78, 5) is 23.9. The van der Waals surface area contributed by atoms with Crippen LogP contribution in [0.2, 0.25) is 0 Å². The lowest BCUT2D eigenvalue weighted by molar-refractivity contribution is -0.162. The number of ether oxygens (including phenoxy) is 1. The normalized spacial score (nSPS) is 20.6. The van der Waals surface area contributed by atoms with E-state index in [9.17, 15) is 14.7 Å². The van der Waals surface area contributed by atoms with Gasteiger partial charge in [0, 0.05) is 0 Å². The number of carbonyl (C=O) groups excluding carboxylic acids is 1. The van der Waals surface area contributed by atoms with Gasteiger partial charge in [-0.2, -0.15) is 0 Å². The predicted octanol–water partition coefficient (Wildman–Crippen LogP) is 6.14. The minimum atomic E-state index is -0.897. The van der Waals surface area contributed by atoms with Gasteiger partial charge in [-0.05, 0) is 38.0 Å². The quantitative estimate of drug-likeness (QED) is 0.223. The topological polar surface area (TPSA) is 63.6 Å². The first-order chi connectivity index (χ1) is 13.0. The van der Waals surface area contributed by atoms with Gasteiger partial charge in [0.2, 0.25) is 0 Å². The molecule has 0 spiro atoms. The Bertz CT molecular complexity index is 455. The van der Waals surface area contributed by atoms with Gasteiger partial charge in [0.15, 0.2) is 0 Å². The Labute approximate surface area is 165 Å². The highest BCUT2D eigenvalue weighted by Gasteiger charge is 2.35. The summed E-state index contributed by atoms with van der Waals surface area (Å²) in [5, 5.41) is 9.35. The van der Waals surface area contributed by atoms with E-state index in [4.69, 9.17) is 4.74 Å². The summed E-state index contributed by atoms with van der Waals surface area (Å²) in [5.41, 5.74) is 0. The van der Waals surface area contributed by atoms with Crippen LogP contribution in [0, 0.1) is 17.8 Å². The van der Waals surface area contributed by atoms with E-state index in [1.54, 1.807) is 0 Å². The van der Waals surface area contributed by atoms with Gasteiger partial charge in [-0.25, -0.2) is 0 Å². The number of unbranched alkanes of at least 4 members (excludes halogenated alkanes) is 5. The fourth-order valence-corrected chi connectivity index (χ4v) is 3.82. The number of esters is 1. The van der Waals surface area contributed by atoms with Gasteiger partial charge in [0.05, 0.1) is 11.8 Å². The van der Waals surface area contributed by atoms with E-state index >= 15 is 0 Å². The Hall–Kier alpha value is -1.32. The summed E-state index contributed by atoms with van der Waals surface area (Å²) >= 11 is 0. The molecule has 1 N–H and O–H groups in total. The zero-order chi connectivity index (χ0) is 20.1. The van der Waals surface area contributed by atoms with Gasteiger partial charge < -0.3 is 9.84 Å². The molecule has 27 heavy (non-hydrogen) atoms. The highest BCUT2D eigenvalue weighted by Crippen LogP contribution is 2.28. The van der Waals surface area contributed by atoms with Gasteiger partial charge in [-0.3, -0.25) is 9.59 Å². The first kappa shape index (κ1) is 23.7. The molecular weight excluding hydrogens is 340 g/mol. The largest absolute Gasteiger partial charge is 0.481 e. The van der Waals surface area contributed by atoms with Gasteiger partial charge in [-0.15, -0.1) is 0 Å². The molecule has 0 aromatic heterocycles. The second kappa shape index (κ2) is 13.8. The molecule has 0 aliphatic heterocycles. The molecule has 4 heteroatoms. The Morgan fingerprint density at radius 1 is 0.926 bits per heavy atom. The molecule has 0 saturated carbocycles. The third-order valence-electron chi connectivity index (χ3n) is 5.50.